The van der Waals surface area contributed by atoms with Crippen LogP contribution in [-0.4, -0.2) is 52.0 Å². The molecule has 1 heterocycles. The molecule has 0 saturated carbocycles. The Balaban J connectivity index is 1.74. The van der Waals surface area contributed by atoms with E-state index < -0.39 is 15.9 Å². The maximum Gasteiger partial charge on any atom is 0.255 e. The molecule has 0 aliphatic carbocycles. The van der Waals surface area contributed by atoms with E-state index in [4.69, 9.17) is 0 Å². The van der Waals surface area contributed by atoms with Gasteiger partial charge in [-0.1, -0.05) is 6.07 Å². The predicted molar refractivity (Wildman–Crippen MR) is 118 cm³/mol. The van der Waals surface area contributed by atoms with Crippen molar-refractivity contribution in [2.45, 2.75) is 19.4 Å². The zero-order valence-corrected chi connectivity index (χ0v) is 18.2. The Morgan fingerprint density at radius 3 is 2.45 bits per heavy atom. The summed E-state index contributed by atoms with van der Waals surface area (Å²) in [6.45, 7) is 1.67. The molecule has 0 unspecified atom stereocenters. The van der Waals surface area contributed by atoms with E-state index in [1.807, 2.05) is 6.92 Å². The molecule has 0 radical (unpaired) electrons. The highest BCUT2D eigenvalue weighted by Crippen LogP contribution is 2.34. The second-order valence-corrected chi connectivity index (χ2v) is 9.21. The number of fused-ring (bicyclic) bond motifs is 1. The van der Waals surface area contributed by atoms with Gasteiger partial charge in [0.05, 0.1) is 18.5 Å². The minimum atomic E-state index is -3.40. The standard InChI is InChI=1S/C21H24N4O5S/c1-13-9-16-10-15(7-8-18(16)25(13)31(3,29)30)21(28)24-17-6-4-5-14(11-17)20(27)23-12-19(26)22-2/h4-8,10-11,13H,9,12H2,1-3H3,(H,22,26)(H,23,27)(H,24,28)/t13-/m1/s1. The molecule has 10 heteroatoms. The molecule has 0 aromatic heterocycles. The monoisotopic (exact) mass is 444 g/mol. The molecule has 0 spiro atoms. The van der Waals surface area contributed by atoms with Gasteiger partial charge in [-0.25, -0.2) is 8.42 Å². The summed E-state index contributed by atoms with van der Waals surface area (Å²) in [5, 5.41) is 7.65. The van der Waals surface area contributed by atoms with Crippen molar-refractivity contribution in [2.24, 2.45) is 0 Å². The van der Waals surface area contributed by atoms with Gasteiger partial charge in [-0.2, -0.15) is 0 Å². The Hall–Kier alpha value is -3.40. The summed E-state index contributed by atoms with van der Waals surface area (Å²) >= 11 is 0. The molecular formula is C21H24N4O5S. The van der Waals surface area contributed by atoms with Gasteiger partial charge >= 0.3 is 0 Å². The second-order valence-electron chi connectivity index (χ2n) is 7.35. The van der Waals surface area contributed by atoms with Gasteiger partial charge in [-0.05, 0) is 55.3 Å². The van der Waals surface area contributed by atoms with Gasteiger partial charge in [-0.3, -0.25) is 18.7 Å². The van der Waals surface area contributed by atoms with Crippen LogP contribution in [0.3, 0.4) is 0 Å². The van der Waals surface area contributed by atoms with E-state index >= 15 is 0 Å². The van der Waals surface area contributed by atoms with Gasteiger partial charge in [0, 0.05) is 29.9 Å². The molecule has 1 aliphatic rings. The molecule has 3 rings (SSSR count). The molecule has 0 saturated heterocycles. The molecule has 164 valence electrons. The van der Waals surface area contributed by atoms with Crippen molar-refractivity contribution in [2.75, 3.05) is 29.5 Å². The Kier molecular flexibility index (Phi) is 6.30. The zero-order valence-electron chi connectivity index (χ0n) is 17.4. The summed E-state index contributed by atoms with van der Waals surface area (Å²) in [7, 11) is -1.93. The van der Waals surface area contributed by atoms with E-state index in [0.29, 0.717) is 28.9 Å². The highest BCUT2D eigenvalue weighted by Gasteiger charge is 2.32. The van der Waals surface area contributed by atoms with Crippen LogP contribution in [0, 0.1) is 0 Å². The Labute approximate surface area is 180 Å². The average molecular weight is 445 g/mol. The van der Waals surface area contributed by atoms with Gasteiger partial charge in [0.1, 0.15) is 0 Å². The highest BCUT2D eigenvalue weighted by molar-refractivity contribution is 7.92. The quantitative estimate of drug-likeness (QED) is 0.616. The van der Waals surface area contributed by atoms with Crippen LogP contribution < -0.4 is 20.3 Å². The number of benzene rings is 2. The summed E-state index contributed by atoms with van der Waals surface area (Å²) in [5.74, 6) is -1.14. The first-order valence-electron chi connectivity index (χ1n) is 9.62. The van der Waals surface area contributed by atoms with Crippen molar-refractivity contribution in [1.29, 1.82) is 0 Å². The molecule has 3 N–H and O–H groups in total. The largest absolute Gasteiger partial charge is 0.358 e. The van der Waals surface area contributed by atoms with Crippen LogP contribution in [0.25, 0.3) is 0 Å². The molecule has 0 bridgehead atoms. The number of sulfonamides is 1. The van der Waals surface area contributed by atoms with E-state index in [1.54, 1.807) is 36.4 Å². The van der Waals surface area contributed by atoms with Crippen molar-refractivity contribution in [3.05, 3.63) is 59.2 Å². The smallest absolute Gasteiger partial charge is 0.255 e. The normalized spacial score (nSPS) is 15.2. The Bertz CT molecular complexity index is 1150. The van der Waals surface area contributed by atoms with Crippen LogP contribution in [0.15, 0.2) is 42.5 Å². The Morgan fingerprint density at radius 2 is 1.77 bits per heavy atom. The van der Waals surface area contributed by atoms with Crippen LogP contribution >= 0.6 is 0 Å². The van der Waals surface area contributed by atoms with Crippen LogP contribution in [0.1, 0.15) is 33.2 Å². The van der Waals surface area contributed by atoms with E-state index in [0.717, 1.165) is 11.8 Å². The van der Waals surface area contributed by atoms with E-state index in [9.17, 15) is 22.8 Å². The number of hydrogen-bond acceptors (Lipinski definition) is 5. The number of carbonyl (C=O) groups excluding carboxylic acids is 3. The Morgan fingerprint density at radius 1 is 1.06 bits per heavy atom. The lowest BCUT2D eigenvalue weighted by atomic mass is 10.1. The first kappa shape index (κ1) is 22.3. The van der Waals surface area contributed by atoms with Crippen molar-refractivity contribution in [1.82, 2.24) is 10.6 Å². The molecule has 3 amide bonds. The highest BCUT2D eigenvalue weighted by atomic mass is 32.2. The molecule has 1 aliphatic heterocycles. The summed E-state index contributed by atoms with van der Waals surface area (Å²) in [6, 6.07) is 11.0. The summed E-state index contributed by atoms with van der Waals surface area (Å²) in [4.78, 5) is 36.2. The van der Waals surface area contributed by atoms with Gasteiger partial charge in [0.15, 0.2) is 0 Å². The lowest BCUT2D eigenvalue weighted by molar-refractivity contribution is -0.119. The maximum absolute atomic E-state index is 12.7. The summed E-state index contributed by atoms with van der Waals surface area (Å²) < 4.78 is 25.5. The van der Waals surface area contributed by atoms with Gasteiger partial charge < -0.3 is 16.0 Å². The van der Waals surface area contributed by atoms with Crippen molar-refractivity contribution in [3.63, 3.8) is 0 Å². The fourth-order valence-corrected chi connectivity index (χ4v) is 4.81. The van der Waals surface area contributed by atoms with Crippen molar-refractivity contribution < 1.29 is 22.8 Å². The fraction of sp³-hybridized carbons (Fsp3) is 0.286. The molecule has 9 nitrogen and oxygen atoms in total. The van der Waals surface area contributed by atoms with E-state index in [-0.39, 0.29) is 24.4 Å². The molecular weight excluding hydrogens is 420 g/mol. The second kappa shape index (κ2) is 8.76. The predicted octanol–water partition coefficient (Wildman–Crippen LogP) is 1.13. The van der Waals surface area contributed by atoms with Crippen LogP contribution in [0.4, 0.5) is 11.4 Å². The molecule has 0 fully saturated rings. The number of carbonyl (C=O) groups is 3. The minimum absolute atomic E-state index is 0.149. The minimum Gasteiger partial charge on any atom is -0.358 e. The van der Waals surface area contributed by atoms with Crippen LogP contribution in [0.5, 0.6) is 0 Å². The van der Waals surface area contributed by atoms with Crippen molar-refractivity contribution >= 4 is 39.1 Å². The topological polar surface area (TPSA) is 125 Å². The van der Waals surface area contributed by atoms with Gasteiger partial charge in [-0.15, -0.1) is 0 Å². The molecule has 31 heavy (non-hydrogen) atoms. The van der Waals surface area contributed by atoms with E-state index in [1.165, 1.54) is 17.4 Å². The maximum atomic E-state index is 12.7. The van der Waals surface area contributed by atoms with E-state index in [2.05, 4.69) is 16.0 Å². The average Bonchev–Trinajstić information content (AvgIpc) is 3.06. The number of anilines is 2. The number of amides is 3. The first-order chi connectivity index (χ1) is 14.6. The van der Waals surface area contributed by atoms with Gasteiger partial charge in [0.25, 0.3) is 11.8 Å². The number of likely N-dealkylation sites (N-methyl/N-ethyl adjacent to an activating group) is 1. The van der Waals surface area contributed by atoms with Gasteiger partial charge in [0.2, 0.25) is 15.9 Å². The zero-order chi connectivity index (χ0) is 22.8. The summed E-state index contributed by atoms with van der Waals surface area (Å²) in [6.07, 6.45) is 1.68. The first-order valence-corrected chi connectivity index (χ1v) is 11.5. The van der Waals surface area contributed by atoms with Crippen molar-refractivity contribution in [3.8, 4) is 0 Å². The number of nitrogens with one attached hydrogen (secondary N) is 3. The third kappa shape index (κ3) is 5.02. The number of hydrogen-bond donors (Lipinski definition) is 3. The lowest BCUT2D eigenvalue weighted by Gasteiger charge is -2.21. The van der Waals surface area contributed by atoms with Crippen LogP contribution in [0.2, 0.25) is 0 Å². The molecule has 2 aromatic carbocycles. The lowest BCUT2D eigenvalue weighted by Crippen LogP contribution is -2.35. The third-order valence-electron chi connectivity index (χ3n) is 4.92. The fourth-order valence-electron chi connectivity index (χ4n) is 3.54. The number of nitrogens with zero attached hydrogens (tertiary/aromatic N) is 1. The number of rotatable bonds is 6. The molecule has 2 aromatic rings. The molecule has 1 atom stereocenters. The van der Waals surface area contributed by atoms with Crippen LogP contribution in [-0.2, 0) is 21.2 Å². The summed E-state index contributed by atoms with van der Waals surface area (Å²) in [5.41, 5.74) is 2.47. The SMILES string of the molecule is CNC(=O)CNC(=O)c1cccc(NC(=O)c2ccc3c(c2)C[C@@H](C)N3S(C)(=O)=O)c1. The third-order valence-corrected chi connectivity index (χ3v) is 6.19.